The minimum Gasteiger partial charge on any atom is -0.415 e. The van der Waals surface area contributed by atoms with Gasteiger partial charge >= 0.3 is 6.08 Å². The molecule has 1 aromatic carbocycles. The number of halogens is 1. The van der Waals surface area contributed by atoms with Crippen LogP contribution in [0.5, 0.6) is 11.8 Å². The van der Waals surface area contributed by atoms with Crippen LogP contribution in [0.3, 0.4) is 0 Å². The number of aromatic nitrogens is 1. The van der Waals surface area contributed by atoms with Crippen LogP contribution in [-0.2, 0) is 0 Å². The Kier molecular flexibility index (Phi) is 2.28. The topological polar surface area (TPSA) is 61.3 Å². The van der Waals surface area contributed by atoms with Crippen molar-refractivity contribution in [2.45, 2.75) is 0 Å². The molecular weight excluding hydrogens is 204 g/mol. The molecule has 0 unspecified atom stereocenters. The molecule has 1 heterocycles. The first-order valence-electron chi connectivity index (χ1n) is 3.88. The van der Waals surface area contributed by atoms with E-state index in [1.807, 2.05) is 0 Å². The summed E-state index contributed by atoms with van der Waals surface area (Å²) in [5, 5.41) is 0.643. The number of anilines is 1. The molecule has 4 nitrogen and oxygen atoms in total. The largest absolute Gasteiger partial charge is 0.415 e. The van der Waals surface area contributed by atoms with Crippen molar-refractivity contribution in [2.24, 2.45) is 0 Å². The number of rotatable bonds is 2. The van der Waals surface area contributed by atoms with Crippen molar-refractivity contribution in [1.82, 2.24) is 4.98 Å². The van der Waals surface area contributed by atoms with Gasteiger partial charge in [-0.05, 0) is 24.3 Å². The molecule has 0 radical (unpaired) electrons. The van der Waals surface area contributed by atoms with E-state index in [0.717, 1.165) is 0 Å². The predicted octanol–water partition coefficient (Wildman–Crippen LogP) is 2.70. The highest BCUT2D eigenvalue weighted by Crippen LogP contribution is 2.22. The van der Waals surface area contributed by atoms with Crippen molar-refractivity contribution in [1.29, 1.82) is 0 Å². The van der Waals surface area contributed by atoms with Crippen LogP contribution in [0.25, 0.3) is 0 Å². The first-order valence-corrected chi connectivity index (χ1v) is 4.26. The van der Waals surface area contributed by atoms with E-state index in [-0.39, 0.29) is 11.9 Å². The molecule has 2 N–H and O–H groups in total. The summed E-state index contributed by atoms with van der Waals surface area (Å²) in [5.74, 6) is 0.880. The van der Waals surface area contributed by atoms with Crippen molar-refractivity contribution < 1.29 is 9.15 Å². The number of benzene rings is 1. The SMILES string of the molecule is Nc1coc(Oc2ccc(Cl)cc2)n1. The van der Waals surface area contributed by atoms with Gasteiger partial charge in [0, 0.05) is 5.02 Å². The van der Waals surface area contributed by atoms with Gasteiger partial charge in [-0.2, -0.15) is 4.98 Å². The zero-order valence-electron chi connectivity index (χ0n) is 7.11. The fraction of sp³-hybridized carbons (Fsp3) is 0. The van der Waals surface area contributed by atoms with Gasteiger partial charge in [-0.3, -0.25) is 0 Å². The molecule has 0 aliphatic heterocycles. The van der Waals surface area contributed by atoms with Crippen LogP contribution in [0, 0.1) is 0 Å². The number of ether oxygens (including phenoxy) is 1. The van der Waals surface area contributed by atoms with Gasteiger partial charge in [-0.1, -0.05) is 11.6 Å². The highest BCUT2D eigenvalue weighted by molar-refractivity contribution is 6.30. The van der Waals surface area contributed by atoms with Gasteiger partial charge in [0.05, 0.1) is 0 Å². The summed E-state index contributed by atoms with van der Waals surface area (Å²) in [5.41, 5.74) is 5.35. The van der Waals surface area contributed by atoms with Gasteiger partial charge in [-0.15, -0.1) is 0 Å². The van der Waals surface area contributed by atoms with Gasteiger partial charge in [0.25, 0.3) is 0 Å². The maximum atomic E-state index is 5.70. The molecule has 0 saturated heterocycles. The molecule has 2 aromatic rings. The van der Waals surface area contributed by atoms with Crippen molar-refractivity contribution in [3.63, 3.8) is 0 Å². The molecule has 0 spiro atoms. The maximum absolute atomic E-state index is 5.70. The number of nitrogen functional groups attached to an aromatic ring is 1. The first kappa shape index (κ1) is 8.90. The van der Waals surface area contributed by atoms with Crippen molar-refractivity contribution in [3.8, 4) is 11.8 Å². The van der Waals surface area contributed by atoms with Gasteiger partial charge in [-0.25, -0.2) is 0 Å². The van der Waals surface area contributed by atoms with Gasteiger partial charge in [0.1, 0.15) is 12.0 Å². The fourth-order valence-corrected chi connectivity index (χ4v) is 1.05. The molecule has 0 aliphatic rings. The zero-order chi connectivity index (χ0) is 9.97. The summed E-state index contributed by atoms with van der Waals surface area (Å²) in [6, 6.07) is 6.85. The molecular formula is C9H7ClN2O2. The summed E-state index contributed by atoms with van der Waals surface area (Å²) in [7, 11) is 0. The maximum Gasteiger partial charge on any atom is 0.401 e. The Morgan fingerprint density at radius 1 is 1.29 bits per heavy atom. The molecule has 72 valence electrons. The van der Waals surface area contributed by atoms with Crippen molar-refractivity contribution >= 4 is 17.4 Å². The Bertz CT molecular complexity index is 425. The van der Waals surface area contributed by atoms with Crippen LogP contribution in [0.15, 0.2) is 34.9 Å². The zero-order valence-corrected chi connectivity index (χ0v) is 7.86. The highest BCUT2D eigenvalue weighted by atomic mass is 35.5. The third-order valence-electron chi connectivity index (χ3n) is 1.52. The van der Waals surface area contributed by atoms with E-state index in [1.165, 1.54) is 6.26 Å². The van der Waals surface area contributed by atoms with Gasteiger partial charge in [0.15, 0.2) is 5.82 Å². The minimum atomic E-state index is 0.116. The van der Waals surface area contributed by atoms with E-state index < -0.39 is 0 Å². The average Bonchev–Trinajstić information content (AvgIpc) is 2.56. The second-order valence-electron chi connectivity index (χ2n) is 2.59. The lowest BCUT2D eigenvalue weighted by Gasteiger charge is -1.99. The van der Waals surface area contributed by atoms with E-state index in [0.29, 0.717) is 10.8 Å². The third kappa shape index (κ3) is 1.97. The Morgan fingerprint density at radius 3 is 2.57 bits per heavy atom. The lowest BCUT2D eigenvalue weighted by Crippen LogP contribution is -1.86. The van der Waals surface area contributed by atoms with Crippen LogP contribution in [-0.4, -0.2) is 4.98 Å². The van der Waals surface area contributed by atoms with Crippen LogP contribution in [0.4, 0.5) is 5.82 Å². The number of nitrogens with two attached hydrogens (primary N) is 1. The summed E-state index contributed by atoms with van der Waals surface area (Å²) in [6.07, 6.45) is 1.43. The smallest absolute Gasteiger partial charge is 0.401 e. The van der Waals surface area contributed by atoms with Crippen LogP contribution >= 0.6 is 11.6 Å². The quantitative estimate of drug-likeness (QED) is 0.828. The molecule has 14 heavy (non-hydrogen) atoms. The van der Waals surface area contributed by atoms with E-state index in [9.17, 15) is 0 Å². The minimum absolute atomic E-state index is 0.116. The molecule has 5 heteroatoms. The number of hydrogen-bond acceptors (Lipinski definition) is 4. The molecule has 0 fully saturated rings. The molecule has 0 saturated carbocycles. The lowest BCUT2D eigenvalue weighted by atomic mass is 10.3. The van der Waals surface area contributed by atoms with Crippen LogP contribution < -0.4 is 10.5 Å². The number of nitrogens with zero attached hydrogens (tertiary/aromatic N) is 1. The molecule has 0 aliphatic carbocycles. The fourth-order valence-electron chi connectivity index (χ4n) is 0.919. The average molecular weight is 211 g/mol. The lowest BCUT2D eigenvalue weighted by molar-refractivity contribution is 0.331. The highest BCUT2D eigenvalue weighted by Gasteiger charge is 2.03. The summed E-state index contributed by atoms with van der Waals surface area (Å²) in [6.45, 7) is 0. The van der Waals surface area contributed by atoms with E-state index in [4.69, 9.17) is 26.5 Å². The Morgan fingerprint density at radius 2 is 2.00 bits per heavy atom. The van der Waals surface area contributed by atoms with E-state index >= 15 is 0 Å². The molecule has 1 aromatic heterocycles. The van der Waals surface area contributed by atoms with Crippen molar-refractivity contribution in [3.05, 3.63) is 35.6 Å². The summed E-state index contributed by atoms with van der Waals surface area (Å²) >= 11 is 5.70. The van der Waals surface area contributed by atoms with Crippen LogP contribution in [0.1, 0.15) is 0 Å². The normalized spacial score (nSPS) is 10.1. The molecule has 0 atom stereocenters. The van der Waals surface area contributed by atoms with Crippen molar-refractivity contribution in [2.75, 3.05) is 5.73 Å². The summed E-state index contributed by atoms with van der Waals surface area (Å²) < 4.78 is 10.1. The predicted molar refractivity (Wildman–Crippen MR) is 52.4 cm³/mol. The first-order chi connectivity index (χ1) is 6.74. The van der Waals surface area contributed by atoms with E-state index in [2.05, 4.69) is 4.98 Å². The van der Waals surface area contributed by atoms with Crippen LogP contribution in [0.2, 0.25) is 5.02 Å². The Labute approximate surface area is 85.3 Å². The Balaban J connectivity index is 2.15. The second kappa shape index (κ2) is 3.59. The summed E-state index contributed by atoms with van der Waals surface area (Å²) in [4.78, 5) is 3.78. The van der Waals surface area contributed by atoms with Gasteiger partial charge < -0.3 is 14.9 Å². The molecule has 2 rings (SSSR count). The Hall–Kier alpha value is -1.68. The monoisotopic (exact) mass is 210 g/mol. The van der Waals surface area contributed by atoms with E-state index in [1.54, 1.807) is 24.3 Å². The standard InChI is InChI=1S/C9H7ClN2O2/c10-6-1-3-7(4-2-6)14-9-12-8(11)5-13-9/h1-5H,11H2. The van der Waals surface area contributed by atoms with Gasteiger partial charge in [0.2, 0.25) is 0 Å². The number of oxazole rings is 1. The second-order valence-corrected chi connectivity index (χ2v) is 3.03. The molecule has 0 bridgehead atoms. The third-order valence-corrected chi connectivity index (χ3v) is 1.77. The molecule has 0 amide bonds. The number of hydrogen-bond donors (Lipinski definition) is 1.